The van der Waals surface area contributed by atoms with Crippen LogP contribution in [-0.4, -0.2) is 57.1 Å². The summed E-state index contributed by atoms with van der Waals surface area (Å²) in [6.07, 6.45) is 2.93. The summed E-state index contributed by atoms with van der Waals surface area (Å²) in [7, 11) is 1.52. The molecule has 1 aliphatic heterocycles. The molecule has 1 aliphatic carbocycles. The third-order valence-electron chi connectivity index (χ3n) is 6.75. The number of aliphatic hydroxyl groups excluding tert-OH is 1. The van der Waals surface area contributed by atoms with Crippen molar-refractivity contribution >= 4 is 28.9 Å². The van der Waals surface area contributed by atoms with Gasteiger partial charge in [0.1, 0.15) is 16.9 Å². The number of rotatable bonds is 6. The van der Waals surface area contributed by atoms with Gasteiger partial charge in [-0.05, 0) is 51.2 Å². The fourth-order valence-corrected chi connectivity index (χ4v) is 4.51. The second-order valence-corrected chi connectivity index (χ2v) is 9.07. The highest BCUT2D eigenvalue weighted by Crippen LogP contribution is 2.34. The van der Waals surface area contributed by atoms with Crippen molar-refractivity contribution in [3.63, 3.8) is 0 Å². The predicted molar refractivity (Wildman–Crippen MR) is 113 cm³/mol. The maximum atomic E-state index is 12.6. The SMILES string of the molecule is CN1C(=O)N(CC(CC(O)c2ccc3c4c(oc3c2)CCCC4)C(=O)O)C(=O)C1(C)C. The van der Waals surface area contributed by atoms with E-state index in [4.69, 9.17) is 4.42 Å². The first-order valence-electron chi connectivity index (χ1n) is 10.7. The standard InChI is InChI=1S/C23H28N2O6/c1-23(2)21(29)25(22(30)24(23)3)12-14(20(27)28)10-17(26)13-8-9-16-15-6-4-5-7-18(15)31-19(16)11-13/h8-9,11,14,17,26H,4-7,10,12H2,1-3H3,(H,27,28). The topological polar surface area (TPSA) is 111 Å². The molecule has 31 heavy (non-hydrogen) atoms. The molecule has 1 aromatic carbocycles. The Morgan fingerprint density at radius 2 is 1.94 bits per heavy atom. The molecule has 0 radical (unpaired) electrons. The van der Waals surface area contributed by atoms with Crippen LogP contribution in [-0.2, 0) is 22.4 Å². The van der Waals surface area contributed by atoms with Crippen LogP contribution in [0.2, 0.25) is 0 Å². The Balaban J connectivity index is 1.53. The Bertz CT molecular complexity index is 1060. The maximum absolute atomic E-state index is 12.6. The molecule has 2 aromatic rings. The van der Waals surface area contributed by atoms with Gasteiger partial charge in [0, 0.05) is 31.0 Å². The molecule has 2 unspecified atom stereocenters. The summed E-state index contributed by atoms with van der Waals surface area (Å²) in [4.78, 5) is 39.2. The second kappa shape index (κ2) is 7.67. The first kappa shape index (κ1) is 21.4. The number of fused-ring (bicyclic) bond motifs is 3. The smallest absolute Gasteiger partial charge is 0.327 e. The average molecular weight is 428 g/mol. The molecule has 2 atom stereocenters. The molecule has 1 aromatic heterocycles. The van der Waals surface area contributed by atoms with Crippen LogP contribution in [0.15, 0.2) is 22.6 Å². The maximum Gasteiger partial charge on any atom is 0.327 e. The van der Waals surface area contributed by atoms with Crippen LogP contribution < -0.4 is 0 Å². The number of hydrogen-bond acceptors (Lipinski definition) is 5. The molecular weight excluding hydrogens is 400 g/mol. The molecule has 2 N–H and O–H groups in total. The number of imide groups is 1. The van der Waals surface area contributed by atoms with Gasteiger partial charge >= 0.3 is 12.0 Å². The number of carboxylic acids is 1. The summed E-state index contributed by atoms with van der Waals surface area (Å²) in [6, 6.07) is 4.94. The van der Waals surface area contributed by atoms with Gasteiger partial charge in [0.2, 0.25) is 0 Å². The fourth-order valence-electron chi connectivity index (χ4n) is 4.51. The predicted octanol–water partition coefficient (Wildman–Crippen LogP) is 3.11. The van der Waals surface area contributed by atoms with E-state index in [1.165, 1.54) is 17.5 Å². The Labute approximate surface area is 180 Å². The first-order chi connectivity index (χ1) is 14.6. The molecule has 1 fully saturated rings. The van der Waals surface area contributed by atoms with Crippen molar-refractivity contribution in [1.29, 1.82) is 0 Å². The van der Waals surface area contributed by atoms with Gasteiger partial charge < -0.3 is 19.5 Å². The van der Waals surface area contributed by atoms with Gasteiger partial charge in [-0.25, -0.2) is 4.79 Å². The summed E-state index contributed by atoms with van der Waals surface area (Å²) in [5, 5.41) is 21.5. The number of aliphatic hydroxyl groups is 1. The lowest BCUT2D eigenvalue weighted by Crippen LogP contribution is -2.42. The van der Waals surface area contributed by atoms with E-state index in [-0.39, 0.29) is 13.0 Å². The molecule has 0 bridgehead atoms. The van der Waals surface area contributed by atoms with E-state index in [0.717, 1.165) is 41.7 Å². The number of nitrogens with zero attached hydrogens (tertiary/aromatic N) is 2. The number of carbonyl (C=O) groups excluding carboxylic acids is 2. The molecule has 3 amide bonds. The van der Waals surface area contributed by atoms with Crippen LogP contribution in [0.1, 0.15) is 56.1 Å². The second-order valence-electron chi connectivity index (χ2n) is 9.07. The number of aryl methyl sites for hydroxylation is 2. The van der Waals surface area contributed by atoms with Crippen molar-refractivity contribution < 1.29 is 29.0 Å². The molecule has 8 nitrogen and oxygen atoms in total. The number of furan rings is 1. The zero-order valence-corrected chi connectivity index (χ0v) is 18.1. The van der Waals surface area contributed by atoms with Crippen LogP contribution in [0.5, 0.6) is 0 Å². The van der Waals surface area contributed by atoms with E-state index in [0.29, 0.717) is 11.1 Å². The summed E-state index contributed by atoms with van der Waals surface area (Å²) in [6.45, 7) is 2.96. The first-order valence-corrected chi connectivity index (χ1v) is 10.7. The lowest BCUT2D eigenvalue weighted by atomic mass is 9.93. The van der Waals surface area contributed by atoms with Gasteiger partial charge in [-0.15, -0.1) is 0 Å². The highest BCUT2D eigenvalue weighted by atomic mass is 16.4. The van der Waals surface area contributed by atoms with Gasteiger partial charge in [-0.2, -0.15) is 0 Å². The van der Waals surface area contributed by atoms with Crippen LogP contribution in [0.25, 0.3) is 11.0 Å². The van der Waals surface area contributed by atoms with E-state index in [1.54, 1.807) is 26.0 Å². The van der Waals surface area contributed by atoms with Crippen molar-refractivity contribution in [2.45, 2.75) is 57.6 Å². The number of likely N-dealkylation sites (N-methyl/N-ethyl adjacent to an activating group) is 1. The van der Waals surface area contributed by atoms with E-state index < -0.39 is 35.5 Å². The van der Waals surface area contributed by atoms with E-state index in [2.05, 4.69) is 0 Å². The average Bonchev–Trinajstić information content (AvgIpc) is 3.17. The lowest BCUT2D eigenvalue weighted by Gasteiger charge is -2.22. The monoisotopic (exact) mass is 428 g/mol. The highest BCUT2D eigenvalue weighted by Gasteiger charge is 2.50. The highest BCUT2D eigenvalue weighted by molar-refractivity contribution is 6.06. The number of carboxylic acid groups (broad SMARTS) is 1. The third-order valence-corrected chi connectivity index (χ3v) is 6.75. The number of amides is 3. The van der Waals surface area contributed by atoms with Crippen molar-refractivity contribution in [3.05, 3.63) is 35.1 Å². The number of carbonyl (C=O) groups is 3. The molecule has 0 saturated carbocycles. The fraction of sp³-hybridized carbons (Fsp3) is 0.522. The summed E-state index contributed by atoms with van der Waals surface area (Å²) < 4.78 is 5.97. The zero-order valence-electron chi connectivity index (χ0n) is 18.1. The van der Waals surface area contributed by atoms with Crippen LogP contribution in [0.3, 0.4) is 0 Å². The molecule has 4 rings (SSSR count). The van der Waals surface area contributed by atoms with E-state index in [9.17, 15) is 24.6 Å². The van der Waals surface area contributed by atoms with Gasteiger partial charge in [-0.3, -0.25) is 14.5 Å². The van der Waals surface area contributed by atoms with Gasteiger partial charge in [-0.1, -0.05) is 12.1 Å². The summed E-state index contributed by atoms with van der Waals surface area (Å²) >= 11 is 0. The van der Waals surface area contributed by atoms with Crippen LogP contribution >= 0.6 is 0 Å². The number of urea groups is 1. The molecule has 1 saturated heterocycles. The summed E-state index contributed by atoms with van der Waals surface area (Å²) in [5.41, 5.74) is 1.45. The molecule has 2 aliphatic rings. The van der Waals surface area contributed by atoms with E-state index >= 15 is 0 Å². The molecule has 0 spiro atoms. The minimum Gasteiger partial charge on any atom is -0.481 e. The number of aliphatic carboxylic acids is 1. The lowest BCUT2D eigenvalue weighted by molar-refractivity contribution is -0.144. The number of hydrogen-bond donors (Lipinski definition) is 2. The van der Waals surface area contributed by atoms with Gasteiger partial charge in [0.25, 0.3) is 5.91 Å². The minimum absolute atomic E-state index is 0.123. The quantitative estimate of drug-likeness (QED) is 0.684. The van der Waals surface area contributed by atoms with Gasteiger partial charge in [0.05, 0.1) is 12.0 Å². The Hall–Kier alpha value is -2.87. The largest absolute Gasteiger partial charge is 0.481 e. The zero-order chi connectivity index (χ0) is 22.5. The Morgan fingerprint density at radius 3 is 2.58 bits per heavy atom. The van der Waals surface area contributed by atoms with Crippen molar-refractivity contribution in [3.8, 4) is 0 Å². The van der Waals surface area contributed by atoms with Crippen molar-refractivity contribution in [2.75, 3.05) is 13.6 Å². The van der Waals surface area contributed by atoms with Gasteiger partial charge in [0.15, 0.2) is 0 Å². The normalized spacial score (nSPS) is 20.3. The third kappa shape index (κ3) is 3.59. The van der Waals surface area contributed by atoms with Crippen LogP contribution in [0.4, 0.5) is 4.79 Å². The van der Waals surface area contributed by atoms with Crippen molar-refractivity contribution in [2.24, 2.45) is 5.92 Å². The van der Waals surface area contributed by atoms with Crippen molar-refractivity contribution in [1.82, 2.24) is 9.80 Å². The molecule has 8 heteroatoms. The molecule has 2 heterocycles. The number of benzene rings is 1. The molecular formula is C23H28N2O6. The van der Waals surface area contributed by atoms with E-state index in [1.807, 2.05) is 6.07 Å². The Morgan fingerprint density at radius 1 is 1.23 bits per heavy atom. The Kier molecular flexibility index (Phi) is 5.29. The molecule has 166 valence electrons. The van der Waals surface area contributed by atoms with Crippen LogP contribution in [0, 0.1) is 5.92 Å². The summed E-state index contributed by atoms with van der Waals surface area (Å²) in [5.74, 6) is -1.70. The minimum atomic E-state index is -1.17.